The molecule has 25 heavy (non-hydrogen) atoms. The van der Waals surface area contributed by atoms with Gasteiger partial charge in [0, 0.05) is 30.2 Å². The third-order valence-electron chi connectivity index (χ3n) is 3.88. The van der Waals surface area contributed by atoms with Gasteiger partial charge < -0.3 is 10.2 Å². The molecular weight excluding hydrogens is 314 g/mol. The zero-order valence-corrected chi connectivity index (χ0v) is 14.5. The molecule has 0 unspecified atom stereocenters. The Morgan fingerprint density at radius 2 is 1.68 bits per heavy atom. The molecule has 128 valence electrons. The minimum Gasteiger partial charge on any atom is -0.356 e. The second-order valence-corrected chi connectivity index (χ2v) is 6.05. The molecule has 0 saturated carbocycles. The summed E-state index contributed by atoms with van der Waals surface area (Å²) >= 11 is 0. The van der Waals surface area contributed by atoms with Crippen molar-refractivity contribution in [2.24, 2.45) is 7.05 Å². The molecule has 0 saturated heterocycles. The van der Waals surface area contributed by atoms with Gasteiger partial charge in [-0.25, -0.2) is 4.68 Å². The monoisotopic (exact) mass is 335 g/mol. The number of carbonyl (C=O) groups is 1. The number of nitrogens with zero attached hydrogens (tertiary/aromatic N) is 4. The summed E-state index contributed by atoms with van der Waals surface area (Å²) in [7, 11) is 1.71. The van der Waals surface area contributed by atoms with E-state index >= 15 is 0 Å². The van der Waals surface area contributed by atoms with Crippen LogP contribution in [0.4, 0.5) is 17.1 Å². The maximum Gasteiger partial charge on any atom is 0.278 e. The maximum atomic E-state index is 12.9. The van der Waals surface area contributed by atoms with Crippen LogP contribution in [0.3, 0.4) is 0 Å². The van der Waals surface area contributed by atoms with E-state index in [1.807, 2.05) is 68.4 Å². The van der Waals surface area contributed by atoms with Gasteiger partial charge >= 0.3 is 0 Å². The van der Waals surface area contributed by atoms with Crippen LogP contribution >= 0.6 is 0 Å². The van der Waals surface area contributed by atoms with E-state index in [4.69, 9.17) is 0 Å². The summed E-state index contributed by atoms with van der Waals surface area (Å²) in [5, 5.41) is 11.0. The van der Waals surface area contributed by atoms with Crippen molar-refractivity contribution in [1.82, 2.24) is 15.0 Å². The van der Waals surface area contributed by atoms with E-state index in [1.165, 1.54) is 10.9 Å². The van der Waals surface area contributed by atoms with Crippen molar-refractivity contribution in [3.05, 3.63) is 66.5 Å². The van der Waals surface area contributed by atoms with E-state index in [2.05, 4.69) is 15.6 Å². The Labute approximate surface area is 147 Å². The number of para-hydroxylation sites is 1. The topological polar surface area (TPSA) is 63.1 Å². The fourth-order valence-corrected chi connectivity index (χ4v) is 2.65. The number of nitrogens with one attached hydrogen (secondary N) is 1. The van der Waals surface area contributed by atoms with Crippen molar-refractivity contribution in [3.63, 3.8) is 0 Å². The van der Waals surface area contributed by atoms with Crippen LogP contribution in [0.15, 0.2) is 60.8 Å². The summed E-state index contributed by atoms with van der Waals surface area (Å²) in [6, 6.07) is 17.8. The minimum atomic E-state index is -0.119. The Bertz CT molecular complexity index is 840. The van der Waals surface area contributed by atoms with E-state index in [0.717, 1.165) is 17.1 Å². The first kappa shape index (κ1) is 16.7. The molecule has 1 amide bonds. The molecule has 1 heterocycles. The maximum absolute atomic E-state index is 12.9. The lowest BCUT2D eigenvalue weighted by Gasteiger charge is -2.26. The van der Waals surface area contributed by atoms with Crippen molar-refractivity contribution < 1.29 is 4.79 Å². The standard InChI is InChI=1S/C19H21N5O/c1-14(2)24(19(25)18-13-20-22-23(18)3)17-11-9-16(10-12-17)21-15-7-5-4-6-8-15/h4-14,21H,1-3H3. The number of anilines is 3. The number of hydrogen-bond acceptors (Lipinski definition) is 4. The minimum absolute atomic E-state index is 0.00957. The SMILES string of the molecule is CC(C)N(C(=O)c1cnnn1C)c1ccc(Nc2ccccc2)cc1. The lowest BCUT2D eigenvalue weighted by Crippen LogP contribution is -2.38. The first-order chi connectivity index (χ1) is 12.1. The number of hydrogen-bond donors (Lipinski definition) is 1. The number of rotatable bonds is 5. The van der Waals surface area contributed by atoms with Gasteiger partial charge in [0.1, 0.15) is 5.69 Å². The van der Waals surface area contributed by atoms with Crippen LogP contribution in [0.25, 0.3) is 0 Å². The van der Waals surface area contributed by atoms with Gasteiger partial charge in [0.15, 0.2) is 0 Å². The third kappa shape index (κ3) is 3.68. The lowest BCUT2D eigenvalue weighted by atomic mass is 10.2. The number of benzene rings is 2. The molecule has 0 atom stereocenters. The zero-order chi connectivity index (χ0) is 17.8. The third-order valence-corrected chi connectivity index (χ3v) is 3.88. The molecular formula is C19H21N5O. The van der Waals surface area contributed by atoms with Gasteiger partial charge in [0.2, 0.25) is 0 Å². The quantitative estimate of drug-likeness (QED) is 0.773. The molecule has 0 aliphatic carbocycles. The van der Waals surface area contributed by atoms with Gasteiger partial charge in [-0.15, -0.1) is 5.10 Å². The van der Waals surface area contributed by atoms with Gasteiger partial charge in [-0.05, 0) is 50.2 Å². The van der Waals surface area contributed by atoms with Crippen LogP contribution in [0.5, 0.6) is 0 Å². The average molecular weight is 335 g/mol. The largest absolute Gasteiger partial charge is 0.356 e. The molecule has 3 aromatic rings. The molecule has 0 fully saturated rings. The highest BCUT2D eigenvalue weighted by molar-refractivity contribution is 6.05. The molecule has 6 nitrogen and oxygen atoms in total. The molecule has 1 aromatic heterocycles. The number of aryl methyl sites for hydroxylation is 1. The molecule has 0 aliphatic rings. The first-order valence-corrected chi connectivity index (χ1v) is 8.16. The van der Waals surface area contributed by atoms with E-state index in [0.29, 0.717) is 5.69 Å². The van der Waals surface area contributed by atoms with Crippen molar-refractivity contribution in [3.8, 4) is 0 Å². The van der Waals surface area contributed by atoms with Crippen molar-refractivity contribution in [2.75, 3.05) is 10.2 Å². The smallest absolute Gasteiger partial charge is 0.278 e. The molecule has 0 radical (unpaired) electrons. The highest BCUT2D eigenvalue weighted by atomic mass is 16.2. The molecule has 0 bridgehead atoms. The molecule has 3 rings (SSSR count). The Balaban J connectivity index is 1.83. The molecule has 2 aromatic carbocycles. The second kappa shape index (κ2) is 7.17. The van der Waals surface area contributed by atoms with Gasteiger partial charge in [0.25, 0.3) is 5.91 Å². The predicted molar refractivity (Wildman–Crippen MR) is 99.1 cm³/mol. The van der Waals surface area contributed by atoms with Crippen LogP contribution in [0.1, 0.15) is 24.3 Å². The number of aromatic nitrogens is 3. The van der Waals surface area contributed by atoms with E-state index in [-0.39, 0.29) is 11.9 Å². The summed E-state index contributed by atoms with van der Waals surface area (Å²) in [4.78, 5) is 14.6. The summed E-state index contributed by atoms with van der Waals surface area (Å²) in [6.45, 7) is 3.97. The number of carbonyl (C=O) groups excluding carboxylic acids is 1. The zero-order valence-electron chi connectivity index (χ0n) is 14.5. The van der Waals surface area contributed by atoms with Gasteiger partial charge in [-0.3, -0.25) is 4.79 Å². The fraction of sp³-hybridized carbons (Fsp3) is 0.211. The van der Waals surface area contributed by atoms with Crippen LogP contribution in [0, 0.1) is 0 Å². The normalized spacial score (nSPS) is 10.7. The summed E-state index contributed by atoms with van der Waals surface area (Å²) in [6.07, 6.45) is 1.49. The Kier molecular flexibility index (Phi) is 4.79. The predicted octanol–water partition coefficient (Wildman–Crippen LogP) is 3.61. The van der Waals surface area contributed by atoms with Crippen LogP contribution in [-0.4, -0.2) is 26.9 Å². The van der Waals surface area contributed by atoms with Crippen LogP contribution in [-0.2, 0) is 7.05 Å². The van der Waals surface area contributed by atoms with Crippen molar-refractivity contribution in [1.29, 1.82) is 0 Å². The van der Waals surface area contributed by atoms with E-state index in [1.54, 1.807) is 11.9 Å². The highest BCUT2D eigenvalue weighted by Gasteiger charge is 2.23. The van der Waals surface area contributed by atoms with E-state index < -0.39 is 0 Å². The second-order valence-electron chi connectivity index (χ2n) is 6.05. The molecule has 0 aliphatic heterocycles. The summed E-state index contributed by atoms with van der Waals surface area (Å²) in [5.41, 5.74) is 3.28. The summed E-state index contributed by atoms with van der Waals surface area (Å²) in [5.74, 6) is -0.119. The van der Waals surface area contributed by atoms with Gasteiger partial charge in [-0.1, -0.05) is 23.4 Å². The lowest BCUT2D eigenvalue weighted by molar-refractivity contribution is 0.0971. The molecule has 6 heteroatoms. The van der Waals surface area contributed by atoms with Gasteiger partial charge in [0.05, 0.1) is 6.20 Å². The number of amides is 1. The highest BCUT2D eigenvalue weighted by Crippen LogP contribution is 2.24. The average Bonchev–Trinajstić information content (AvgIpc) is 3.03. The summed E-state index contributed by atoms with van der Waals surface area (Å²) < 4.78 is 1.49. The van der Waals surface area contributed by atoms with E-state index in [9.17, 15) is 4.79 Å². The van der Waals surface area contributed by atoms with Crippen molar-refractivity contribution >= 4 is 23.0 Å². The van der Waals surface area contributed by atoms with Gasteiger partial charge in [-0.2, -0.15) is 0 Å². The molecule has 0 spiro atoms. The fourth-order valence-electron chi connectivity index (χ4n) is 2.65. The first-order valence-electron chi connectivity index (χ1n) is 8.16. The Morgan fingerprint density at radius 1 is 1.04 bits per heavy atom. The Morgan fingerprint density at radius 3 is 2.24 bits per heavy atom. The Hall–Kier alpha value is -3.15. The van der Waals surface area contributed by atoms with Crippen molar-refractivity contribution in [2.45, 2.75) is 19.9 Å². The molecule has 1 N–H and O–H groups in total. The van der Waals surface area contributed by atoms with Crippen LogP contribution < -0.4 is 10.2 Å². The van der Waals surface area contributed by atoms with Crippen LogP contribution in [0.2, 0.25) is 0 Å².